The Labute approximate surface area is 99.1 Å². The van der Waals surface area contributed by atoms with Crippen molar-refractivity contribution >= 4 is 5.78 Å². The van der Waals surface area contributed by atoms with E-state index in [4.69, 9.17) is 5.73 Å². The summed E-state index contributed by atoms with van der Waals surface area (Å²) < 4.78 is 1.65. The summed E-state index contributed by atoms with van der Waals surface area (Å²) in [5.74, 6) is -0.0150. The van der Waals surface area contributed by atoms with Gasteiger partial charge in [-0.1, -0.05) is 18.2 Å². The first-order chi connectivity index (χ1) is 8.21. The zero-order valence-electron chi connectivity index (χ0n) is 9.34. The third-order valence-electron chi connectivity index (χ3n) is 3.12. The van der Waals surface area contributed by atoms with Gasteiger partial charge in [-0.2, -0.15) is 5.10 Å². The summed E-state index contributed by atoms with van der Waals surface area (Å²) in [6, 6.07) is 11.3. The van der Waals surface area contributed by atoms with Crippen LogP contribution in [0.15, 0.2) is 42.6 Å². The highest BCUT2D eigenvalue weighted by molar-refractivity contribution is 6.04. The number of nitrogens with two attached hydrogens (primary N) is 1. The van der Waals surface area contributed by atoms with Gasteiger partial charge in [-0.15, -0.1) is 0 Å². The maximum absolute atomic E-state index is 12.2. The molecule has 2 N–H and O–H groups in total. The van der Waals surface area contributed by atoms with Crippen molar-refractivity contribution in [3.05, 3.63) is 48.3 Å². The minimum absolute atomic E-state index is 0.0150. The van der Waals surface area contributed by atoms with Crippen molar-refractivity contribution < 1.29 is 4.79 Å². The van der Waals surface area contributed by atoms with Crippen LogP contribution in [-0.2, 0) is 0 Å². The Hall–Kier alpha value is -1.94. The molecule has 0 spiro atoms. The van der Waals surface area contributed by atoms with E-state index in [9.17, 15) is 4.79 Å². The highest BCUT2D eigenvalue weighted by Crippen LogP contribution is 2.35. The molecular formula is C13H13N3O. The molecule has 0 atom stereocenters. The van der Waals surface area contributed by atoms with Crippen LogP contribution in [0.25, 0.3) is 5.69 Å². The van der Waals surface area contributed by atoms with Crippen molar-refractivity contribution in [3.8, 4) is 5.69 Å². The minimum atomic E-state index is -0.646. The number of Topliss-reactive ketones (excluding diaryl/α,β-unsaturated/α-hetero) is 1. The van der Waals surface area contributed by atoms with Crippen molar-refractivity contribution in [3.63, 3.8) is 0 Å². The van der Waals surface area contributed by atoms with Gasteiger partial charge in [0.1, 0.15) is 5.69 Å². The van der Waals surface area contributed by atoms with Crippen LogP contribution in [-0.4, -0.2) is 21.1 Å². The predicted octanol–water partition coefficient (Wildman–Crippen LogP) is 1.55. The van der Waals surface area contributed by atoms with E-state index < -0.39 is 5.54 Å². The lowest BCUT2D eigenvalue weighted by Gasteiger charge is -2.10. The van der Waals surface area contributed by atoms with Crippen LogP contribution >= 0.6 is 0 Å². The Morgan fingerprint density at radius 2 is 1.94 bits per heavy atom. The highest BCUT2D eigenvalue weighted by Gasteiger charge is 2.47. The molecule has 0 radical (unpaired) electrons. The van der Waals surface area contributed by atoms with Crippen molar-refractivity contribution in [2.45, 2.75) is 18.4 Å². The fourth-order valence-electron chi connectivity index (χ4n) is 1.87. The molecule has 0 unspecified atom stereocenters. The lowest BCUT2D eigenvalue weighted by molar-refractivity contribution is 0.0941. The Morgan fingerprint density at radius 3 is 2.59 bits per heavy atom. The molecule has 1 aromatic heterocycles. The third-order valence-corrected chi connectivity index (χ3v) is 3.12. The maximum Gasteiger partial charge on any atom is 0.201 e. The van der Waals surface area contributed by atoms with Gasteiger partial charge in [0.25, 0.3) is 0 Å². The van der Waals surface area contributed by atoms with Gasteiger partial charge in [0.05, 0.1) is 17.4 Å². The summed E-state index contributed by atoms with van der Waals surface area (Å²) in [5.41, 5.74) is 6.74. The zero-order chi connectivity index (χ0) is 11.9. The summed E-state index contributed by atoms with van der Waals surface area (Å²) >= 11 is 0. The quantitative estimate of drug-likeness (QED) is 0.809. The summed E-state index contributed by atoms with van der Waals surface area (Å²) in [6.45, 7) is 0. The summed E-state index contributed by atoms with van der Waals surface area (Å²) in [6.07, 6.45) is 3.17. The molecule has 17 heavy (non-hydrogen) atoms. The van der Waals surface area contributed by atoms with Gasteiger partial charge >= 0.3 is 0 Å². The molecule has 1 saturated carbocycles. The average Bonchev–Trinajstić information content (AvgIpc) is 2.95. The second-order valence-corrected chi connectivity index (χ2v) is 4.45. The summed E-state index contributed by atoms with van der Waals surface area (Å²) in [5, 5.41) is 4.19. The van der Waals surface area contributed by atoms with Crippen LogP contribution in [0, 0.1) is 0 Å². The molecule has 3 rings (SSSR count). The van der Waals surface area contributed by atoms with Crippen LogP contribution in [0.3, 0.4) is 0 Å². The Morgan fingerprint density at radius 1 is 1.24 bits per heavy atom. The molecule has 0 aliphatic heterocycles. The number of nitrogens with zero attached hydrogens (tertiary/aromatic N) is 2. The molecule has 1 aliphatic carbocycles. The van der Waals surface area contributed by atoms with E-state index in [1.54, 1.807) is 16.9 Å². The molecule has 1 heterocycles. The van der Waals surface area contributed by atoms with Gasteiger partial charge in [0.2, 0.25) is 5.78 Å². The number of para-hydroxylation sites is 1. The number of ketones is 1. The fourth-order valence-corrected chi connectivity index (χ4v) is 1.87. The van der Waals surface area contributed by atoms with Crippen LogP contribution in [0.1, 0.15) is 23.3 Å². The smallest absolute Gasteiger partial charge is 0.201 e. The largest absolute Gasteiger partial charge is 0.319 e. The Balaban J connectivity index is 2.03. The lowest BCUT2D eigenvalue weighted by atomic mass is 10.1. The van der Waals surface area contributed by atoms with Gasteiger partial charge < -0.3 is 5.73 Å². The molecule has 0 amide bonds. The number of carbonyl (C=O) groups excluding carboxylic acids is 1. The molecule has 0 bridgehead atoms. The van der Waals surface area contributed by atoms with Gasteiger partial charge in [-0.05, 0) is 31.0 Å². The van der Waals surface area contributed by atoms with Gasteiger partial charge in [-0.3, -0.25) is 4.79 Å². The molecule has 0 saturated heterocycles. The van der Waals surface area contributed by atoms with Crippen molar-refractivity contribution in [1.29, 1.82) is 0 Å². The molecule has 86 valence electrons. The highest BCUT2D eigenvalue weighted by atomic mass is 16.1. The molecule has 4 heteroatoms. The zero-order valence-corrected chi connectivity index (χ0v) is 9.34. The van der Waals surface area contributed by atoms with Crippen molar-refractivity contribution in [2.75, 3.05) is 0 Å². The van der Waals surface area contributed by atoms with E-state index >= 15 is 0 Å². The fraction of sp³-hybridized carbons (Fsp3) is 0.231. The van der Waals surface area contributed by atoms with E-state index in [1.807, 2.05) is 30.3 Å². The minimum Gasteiger partial charge on any atom is -0.319 e. The first-order valence-electron chi connectivity index (χ1n) is 5.64. The van der Waals surface area contributed by atoms with Crippen molar-refractivity contribution in [1.82, 2.24) is 9.78 Å². The summed E-state index contributed by atoms with van der Waals surface area (Å²) in [4.78, 5) is 12.2. The van der Waals surface area contributed by atoms with Gasteiger partial charge in [-0.25, -0.2) is 4.68 Å². The summed E-state index contributed by atoms with van der Waals surface area (Å²) in [7, 11) is 0. The third kappa shape index (κ3) is 1.66. The topological polar surface area (TPSA) is 60.9 Å². The number of hydrogen-bond acceptors (Lipinski definition) is 3. The molecule has 1 aromatic carbocycles. The first kappa shape index (κ1) is 10.2. The first-order valence-corrected chi connectivity index (χ1v) is 5.64. The SMILES string of the molecule is NC1(C(=O)c2ccnn2-c2ccccc2)CC1. The van der Waals surface area contributed by atoms with E-state index in [1.165, 1.54) is 0 Å². The molecule has 1 aliphatic rings. The molecular weight excluding hydrogens is 214 g/mol. The number of hydrogen-bond donors (Lipinski definition) is 1. The average molecular weight is 227 g/mol. The van der Waals surface area contributed by atoms with Gasteiger partial charge in [0, 0.05) is 0 Å². The van der Waals surface area contributed by atoms with Crippen LogP contribution < -0.4 is 5.73 Å². The van der Waals surface area contributed by atoms with Crippen LogP contribution in [0.4, 0.5) is 0 Å². The second-order valence-electron chi connectivity index (χ2n) is 4.45. The van der Waals surface area contributed by atoms with E-state index in [0.29, 0.717) is 5.69 Å². The number of carbonyl (C=O) groups is 1. The van der Waals surface area contributed by atoms with E-state index in [2.05, 4.69) is 5.10 Å². The standard InChI is InChI=1S/C13H13N3O/c14-13(7-8-13)12(17)11-6-9-15-16(11)10-4-2-1-3-5-10/h1-6,9H,7-8,14H2. The van der Waals surface area contributed by atoms with E-state index in [-0.39, 0.29) is 5.78 Å². The van der Waals surface area contributed by atoms with Crippen LogP contribution in [0.2, 0.25) is 0 Å². The van der Waals surface area contributed by atoms with Crippen molar-refractivity contribution in [2.24, 2.45) is 5.73 Å². The Bertz CT molecular complexity index is 555. The van der Waals surface area contributed by atoms with Gasteiger partial charge in [0.15, 0.2) is 0 Å². The number of rotatable bonds is 3. The number of benzene rings is 1. The molecule has 2 aromatic rings. The predicted molar refractivity (Wildman–Crippen MR) is 64.0 cm³/mol. The normalized spacial score (nSPS) is 16.8. The number of aromatic nitrogens is 2. The second kappa shape index (κ2) is 3.53. The maximum atomic E-state index is 12.2. The monoisotopic (exact) mass is 227 g/mol. The lowest BCUT2D eigenvalue weighted by Crippen LogP contribution is -2.34. The molecule has 4 nitrogen and oxygen atoms in total. The van der Waals surface area contributed by atoms with Crippen LogP contribution in [0.5, 0.6) is 0 Å². The van der Waals surface area contributed by atoms with E-state index in [0.717, 1.165) is 18.5 Å². The molecule has 1 fully saturated rings. The Kier molecular flexibility index (Phi) is 2.12.